The highest BCUT2D eigenvalue weighted by atomic mass is 19.4. The van der Waals surface area contributed by atoms with Crippen molar-refractivity contribution in [3.63, 3.8) is 0 Å². The van der Waals surface area contributed by atoms with Crippen LogP contribution in [0.4, 0.5) is 18.9 Å². The molecule has 0 bridgehead atoms. The molecule has 0 aliphatic heterocycles. The first kappa shape index (κ1) is 21.3. The Hall–Kier alpha value is -4.21. The number of alkyl halides is 3. The molecule has 1 saturated carbocycles. The molecule has 7 nitrogen and oxygen atoms in total. The quantitative estimate of drug-likeness (QED) is 0.350. The molecule has 1 aromatic carbocycles. The Labute approximate surface area is 198 Å². The highest BCUT2D eigenvalue weighted by molar-refractivity contribution is 5.81. The Morgan fingerprint density at radius 3 is 2.60 bits per heavy atom. The van der Waals surface area contributed by atoms with Crippen molar-refractivity contribution >= 4 is 16.7 Å². The maximum absolute atomic E-state index is 12.9. The zero-order valence-corrected chi connectivity index (χ0v) is 18.5. The second-order valence-electron chi connectivity index (χ2n) is 8.67. The predicted molar refractivity (Wildman–Crippen MR) is 124 cm³/mol. The average Bonchev–Trinajstić information content (AvgIpc) is 3.44. The average molecular weight is 476 g/mol. The van der Waals surface area contributed by atoms with Crippen LogP contribution in [0.2, 0.25) is 0 Å². The van der Waals surface area contributed by atoms with Crippen LogP contribution in [0.1, 0.15) is 18.9 Å². The zero-order valence-electron chi connectivity index (χ0n) is 18.5. The lowest BCUT2D eigenvalue weighted by Crippen LogP contribution is -2.41. The van der Waals surface area contributed by atoms with E-state index in [2.05, 4.69) is 25.2 Å². The van der Waals surface area contributed by atoms with Gasteiger partial charge in [0.05, 0.1) is 16.7 Å². The fraction of sp³-hybridized carbons (Fsp3) is 0.200. The molecule has 0 amide bonds. The summed E-state index contributed by atoms with van der Waals surface area (Å²) in [5, 5.41) is 8.37. The summed E-state index contributed by atoms with van der Waals surface area (Å²) < 4.78 is 43.8. The van der Waals surface area contributed by atoms with Gasteiger partial charge in [-0.25, -0.2) is 0 Å². The molecule has 0 spiro atoms. The maximum Gasteiger partial charge on any atom is 0.406 e. The molecule has 1 aliphatic rings. The normalized spacial score (nSPS) is 13.9. The third-order valence-electron chi connectivity index (χ3n) is 6.02. The lowest BCUT2D eigenvalue weighted by Gasteiger charge is -2.09. The van der Waals surface area contributed by atoms with Gasteiger partial charge in [0, 0.05) is 41.7 Å². The first-order valence-electron chi connectivity index (χ1n) is 11.2. The minimum atomic E-state index is -4.29. The second kappa shape index (κ2) is 8.23. The number of fused-ring (bicyclic) bond motifs is 1. The van der Waals surface area contributed by atoms with Crippen molar-refractivity contribution < 1.29 is 17.8 Å². The molecule has 0 saturated heterocycles. The van der Waals surface area contributed by atoms with Gasteiger partial charge in [-0.05, 0) is 42.7 Å². The largest absolute Gasteiger partial charge is 0.406 e. The van der Waals surface area contributed by atoms with Crippen molar-refractivity contribution in [1.29, 1.82) is 0 Å². The van der Waals surface area contributed by atoms with Gasteiger partial charge >= 0.3 is 6.18 Å². The SMILES string of the molecule is FC(F)(F)Cn1ccc2ncc(-c3cc[n+](Nc4cccc(-c5nncn5C5CC5)c4)cc3)cc21. The molecule has 1 aliphatic carbocycles. The molecule has 6 rings (SSSR count). The number of benzene rings is 1. The Balaban J connectivity index is 1.22. The van der Waals surface area contributed by atoms with E-state index in [1.54, 1.807) is 24.7 Å². The second-order valence-corrected chi connectivity index (χ2v) is 8.67. The van der Waals surface area contributed by atoms with Crippen LogP contribution in [0, 0.1) is 0 Å². The smallest absolute Gasteiger partial charge is 0.337 e. The third-order valence-corrected chi connectivity index (χ3v) is 6.02. The molecule has 4 aromatic heterocycles. The zero-order chi connectivity index (χ0) is 24.0. The van der Waals surface area contributed by atoms with Gasteiger partial charge in [0.15, 0.2) is 18.2 Å². The van der Waals surface area contributed by atoms with Crippen molar-refractivity contribution in [1.82, 2.24) is 24.3 Å². The van der Waals surface area contributed by atoms with Gasteiger partial charge in [-0.2, -0.15) is 18.6 Å². The van der Waals surface area contributed by atoms with E-state index < -0.39 is 12.7 Å². The van der Waals surface area contributed by atoms with E-state index in [1.807, 2.05) is 53.5 Å². The Morgan fingerprint density at radius 1 is 1.00 bits per heavy atom. The van der Waals surface area contributed by atoms with Crippen LogP contribution < -0.4 is 10.1 Å². The maximum atomic E-state index is 12.9. The van der Waals surface area contributed by atoms with Crippen LogP contribution in [0.3, 0.4) is 0 Å². The Morgan fingerprint density at radius 2 is 1.83 bits per heavy atom. The van der Waals surface area contributed by atoms with Crippen molar-refractivity contribution in [2.75, 3.05) is 5.43 Å². The van der Waals surface area contributed by atoms with E-state index in [9.17, 15) is 13.2 Å². The van der Waals surface area contributed by atoms with Crippen LogP contribution >= 0.6 is 0 Å². The number of nitrogens with one attached hydrogen (secondary N) is 1. The molecule has 176 valence electrons. The minimum Gasteiger partial charge on any atom is -0.337 e. The lowest BCUT2D eigenvalue weighted by molar-refractivity contribution is -0.642. The number of aromatic nitrogens is 6. The molecule has 1 N–H and O–H groups in total. The number of anilines is 1. The van der Waals surface area contributed by atoms with E-state index in [0.29, 0.717) is 17.1 Å². The van der Waals surface area contributed by atoms with Crippen molar-refractivity contribution in [2.45, 2.75) is 31.6 Å². The fourth-order valence-electron chi connectivity index (χ4n) is 4.19. The molecule has 5 aromatic rings. The van der Waals surface area contributed by atoms with Crippen molar-refractivity contribution in [3.8, 4) is 22.5 Å². The minimum absolute atomic E-state index is 0.450. The molecule has 4 heterocycles. The van der Waals surface area contributed by atoms with E-state index >= 15 is 0 Å². The molecular weight excluding hydrogens is 455 g/mol. The molecule has 10 heteroatoms. The first-order chi connectivity index (χ1) is 16.9. The number of hydrogen-bond donors (Lipinski definition) is 1. The summed E-state index contributed by atoms with van der Waals surface area (Å²) in [6.07, 6.45) is 6.60. The summed E-state index contributed by atoms with van der Waals surface area (Å²) in [4.78, 5) is 4.33. The molecular formula is C25H21F3N7+. The summed E-state index contributed by atoms with van der Waals surface area (Å²) in [7, 11) is 0. The summed E-state index contributed by atoms with van der Waals surface area (Å²) in [5.74, 6) is 0.856. The highest BCUT2D eigenvalue weighted by Gasteiger charge is 2.28. The molecule has 0 radical (unpaired) electrons. The summed E-state index contributed by atoms with van der Waals surface area (Å²) in [5.41, 5.74) is 7.77. The lowest BCUT2D eigenvalue weighted by atomic mass is 10.1. The van der Waals surface area contributed by atoms with Gasteiger partial charge in [0.1, 0.15) is 12.9 Å². The van der Waals surface area contributed by atoms with E-state index in [0.717, 1.165) is 41.0 Å². The summed E-state index contributed by atoms with van der Waals surface area (Å²) in [6, 6.07) is 15.6. The van der Waals surface area contributed by atoms with Gasteiger partial charge in [-0.3, -0.25) is 4.98 Å². The van der Waals surface area contributed by atoms with Crippen LogP contribution in [0.5, 0.6) is 0 Å². The van der Waals surface area contributed by atoms with Gasteiger partial charge in [0.25, 0.3) is 0 Å². The summed E-state index contributed by atoms with van der Waals surface area (Å²) >= 11 is 0. The first-order valence-corrected chi connectivity index (χ1v) is 11.2. The van der Waals surface area contributed by atoms with Crippen LogP contribution in [0.15, 0.2) is 79.6 Å². The van der Waals surface area contributed by atoms with Gasteiger partial charge in [0.2, 0.25) is 0 Å². The Kier molecular flexibility index (Phi) is 5.01. The van der Waals surface area contributed by atoms with Crippen LogP contribution in [-0.2, 0) is 6.54 Å². The number of hydrogen-bond acceptors (Lipinski definition) is 4. The monoisotopic (exact) mass is 476 g/mol. The standard InChI is InChI=1S/C25H21F3N7/c26-25(27,28)15-33-9-8-22-23(33)13-19(14-29-22)17-6-10-34(11-7-17)32-20-3-1-2-18(12-20)24-31-30-16-35(24)21-4-5-21/h1-3,6-14,16,21,32H,4-5,15H2/q+1. The van der Waals surface area contributed by atoms with E-state index in [-0.39, 0.29) is 0 Å². The number of pyridine rings is 2. The third kappa shape index (κ3) is 4.46. The molecule has 0 unspecified atom stereocenters. The van der Waals surface area contributed by atoms with Gasteiger partial charge < -0.3 is 9.13 Å². The number of nitrogens with zero attached hydrogens (tertiary/aromatic N) is 6. The number of halogens is 3. The van der Waals surface area contributed by atoms with Crippen molar-refractivity contribution in [3.05, 3.63) is 79.6 Å². The van der Waals surface area contributed by atoms with Crippen molar-refractivity contribution in [2.24, 2.45) is 0 Å². The topological polar surface area (TPSA) is 64.4 Å². The predicted octanol–water partition coefficient (Wildman–Crippen LogP) is 5.02. The Bertz CT molecular complexity index is 1500. The van der Waals surface area contributed by atoms with Crippen LogP contribution in [0.25, 0.3) is 33.5 Å². The van der Waals surface area contributed by atoms with Gasteiger partial charge in [-0.15, -0.1) is 10.2 Å². The van der Waals surface area contributed by atoms with Gasteiger partial charge in [-0.1, -0.05) is 16.8 Å². The molecule has 35 heavy (non-hydrogen) atoms. The highest BCUT2D eigenvalue weighted by Crippen LogP contribution is 2.37. The number of rotatable bonds is 6. The molecule has 0 atom stereocenters. The summed E-state index contributed by atoms with van der Waals surface area (Å²) in [6.45, 7) is -1.05. The van der Waals surface area contributed by atoms with E-state index in [1.165, 1.54) is 10.8 Å². The van der Waals surface area contributed by atoms with E-state index in [4.69, 9.17) is 0 Å². The van der Waals surface area contributed by atoms with Crippen LogP contribution in [-0.4, -0.2) is 30.5 Å². The molecule has 1 fully saturated rings. The fourth-order valence-corrected chi connectivity index (χ4v) is 4.19.